The van der Waals surface area contributed by atoms with Crippen molar-refractivity contribution in [1.82, 2.24) is 9.80 Å². The van der Waals surface area contributed by atoms with Crippen molar-refractivity contribution in [2.45, 2.75) is 107 Å². The Bertz CT molecular complexity index is 1510. The Balaban J connectivity index is 1.04. The second kappa shape index (κ2) is 13.5. The van der Waals surface area contributed by atoms with E-state index in [-0.39, 0.29) is 11.5 Å². The van der Waals surface area contributed by atoms with E-state index in [4.69, 9.17) is 9.47 Å². The molecule has 5 nitrogen and oxygen atoms in total. The van der Waals surface area contributed by atoms with Crippen molar-refractivity contribution in [1.29, 1.82) is 0 Å². The summed E-state index contributed by atoms with van der Waals surface area (Å²) in [5.74, 6) is 3.54. The predicted molar refractivity (Wildman–Crippen MR) is 189 cm³/mol. The van der Waals surface area contributed by atoms with Crippen LogP contribution in [0.15, 0.2) is 66.7 Å². The largest absolute Gasteiger partial charge is 0.508 e. The summed E-state index contributed by atoms with van der Waals surface area (Å²) >= 11 is 0. The van der Waals surface area contributed by atoms with Crippen LogP contribution in [-0.4, -0.2) is 66.4 Å². The Morgan fingerprint density at radius 3 is 2.30 bits per heavy atom. The van der Waals surface area contributed by atoms with E-state index in [1.54, 1.807) is 7.11 Å². The van der Waals surface area contributed by atoms with Crippen LogP contribution in [0.25, 0.3) is 0 Å². The molecule has 3 aromatic carbocycles. The third-order valence-electron chi connectivity index (χ3n) is 12.6. The molecule has 2 bridgehead atoms. The van der Waals surface area contributed by atoms with E-state index >= 15 is 0 Å². The van der Waals surface area contributed by atoms with Gasteiger partial charge in [-0.15, -0.1) is 0 Å². The zero-order valence-corrected chi connectivity index (χ0v) is 28.4. The summed E-state index contributed by atoms with van der Waals surface area (Å²) < 4.78 is 13.1. The van der Waals surface area contributed by atoms with Crippen LogP contribution >= 0.6 is 0 Å². The Morgan fingerprint density at radius 2 is 1.57 bits per heavy atom. The van der Waals surface area contributed by atoms with Gasteiger partial charge in [0, 0.05) is 41.2 Å². The summed E-state index contributed by atoms with van der Waals surface area (Å²) in [4.78, 5) is 5.66. The van der Waals surface area contributed by atoms with E-state index in [2.05, 4.69) is 70.5 Å². The van der Waals surface area contributed by atoms with Crippen molar-refractivity contribution in [3.05, 3.63) is 89.0 Å². The van der Waals surface area contributed by atoms with Crippen LogP contribution in [0.5, 0.6) is 17.2 Å². The predicted octanol–water partition coefficient (Wildman–Crippen LogP) is 7.96. The van der Waals surface area contributed by atoms with Crippen molar-refractivity contribution in [2.24, 2.45) is 11.8 Å². The number of phenolic OH excluding ortho intramolecular Hbond substituents is 1. The van der Waals surface area contributed by atoms with E-state index in [0.717, 1.165) is 68.3 Å². The van der Waals surface area contributed by atoms with Gasteiger partial charge >= 0.3 is 0 Å². The number of hydrogen-bond acceptors (Lipinski definition) is 5. The molecule has 1 spiro atoms. The minimum atomic E-state index is -0.0318. The van der Waals surface area contributed by atoms with E-state index in [1.807, 2.05) is 6.07 Å². The van der Waals surface area contributed by atoms with Crippen molar-refractivity contribution >= 4 is 0 Å². The molecule has 2 heterocycles. The Hall–Kier alpha value is -3.02. The number of methoxy groups -OCH3 is 1. The van der Waals surface area contributed by atoms with Crippen LogP contribution in [0.3, 0.4) is 0 Å². The summed E-state index contributed by atoms with van der Waals surface area (Å²) in [6.45, 7) is 4.62. The summed E-state index contributed by atoms with van der Waals surface area (Å²) in [5, 5.41) is 11.4. The van der Waals surface area contributed by atoms with E-state index in [0.29, 0.717) is 23.8 Å². The first-order chi connectivity index (χ1) is 23.2. The molecule has 5 aliphatic rings. The van der Waals surface area contributed by atoms with Crippen LogP contribution in [0.2, 0.25) is 0 Å². The minimum absolute atomic E-state index is 0.0318. The third kappa shape index (κ3) is 5.97. The van der Waals surface area contributed by atoms with Crippen LogP contribution < -0.4 is 9.47 Å². The van der Waals surface area contributed by atoms with Crippen molar-refractivity contribution in [2.75, 3.05) is 33.3 Å². The van der Waals surface area contributed by atoms with Crippen LogP contribution in [0.4, 0.5) is 0 Å². The molecule has 0 amide bonds. The molecule has 3 aromatic rings. The molecule has 0 aromatic heterocycles. The number of nitrogens with zero attached hydrogens (tertiary/aromatic N) is 2. The van der Waals surface area contributed by atoms with Gasteiger partial charge in [-0.3, -0.25) is 9.80 Å². The molecule has 2 aliphatic heterocycles. The fourth-order valence-electron chi connectivity index (χ4n) is 10.3. The summed E-state index contributed by atoms with van der Waals surface area (Å²) in [5.41, 5.74) is 5.33. The molecule has 250 valence electrons. The summed E-state index contributed by atoms with van der Waals surface area (Å²) in [6.07, 6.45) is 15.9. The molecule has 5 atom stereocenters. The second-order valence-electron chi connectivity index (χ2n) is 15.3. The number of aryl methyl sites for hydroxylation is 2. The fraction of sp³-hybridized carbons (Fsp3) is 0.571. The smallest absolute Gasteiger partial charge is 0.166 e. The molecule has 2 saturated carbocycles. The lowest BCUT2D eigenvalue weighted by Crippen LogP contribution is -2.69. The molecule has 47 heavy (non-hydrogen) atoms. The molecule has 0 radical (unpaired) electrons. The minimum Gasteiger partial charge on any atom is -0.508 e. The first-order valence-corrected chi connectivity index (χ1v) is 18.8. The van der Waals surface area contributed by atoms with Gasteiger partial charge in [0.1, 0.15) is 11.9 Å². The lowest BCUT2D eigenvalue weighted by molar-refractivity contribution is -0.0898. The molecule has 3 aliphatic carbocycles. The number of hydrogen-bond donors (Lipinski definition) is 1. The van der Waals surface area contributed by atoms with Gasteiger partial charge in [-0.1, -0.05) is 73.5 Å². The first kappa shape index (κ1) is 31.3. The maximum Gasteiger partial charge on any atom is 0.166 e. The molecule has 1 N–H and O–H groups in total. The fourth-order valence-corrected chi connectivity index (χ4v) is 10.3. The number of unbranched alkanes of at least 4 members (excludes halogenated alkanes) is 3. The standard InChI is InChI=1S/C42H54N2O3/c1-46-38-28-37(45)33-27-36-34-21-22-35(41-42(34,39(33)40(38)47-41)23-26-44(36)29-32-19-20-32)43(25-12-18-31-16-9-5-10-17-31)24-11-3-2-6-13-30-14-7-4-8-15-30/h4-5,7-10,14-17,28,32,34-36,41,45H,2-3,6,11-13,18-27,29H2,1H3/t34-,35+,36+,41-,42-/m0/s1. The number of piperidine rings is 1. The lowest BCUT2D eigenvalue weighted by atomic mass is 9.50. The van der Waals surface area contributed by atoms with Crippen LogP contribution in [0.1, 0.15) is 86.5 Å². The van der Waals surface area contributed by atoms with Gasteiger partial charge in [0.05, 0.1) is 7.11 Å². The monoisotopic (exact) mass is 634 g/mol. The van der Waals surface area contributed by atoms with Gasteiger partial charge in [0.15, 0.2) is 11.5 Å². The molecule has 0 unspecified atom stereocenters. The Labute approximate surface area is 282 Å². The van der Waals surface area contributed by atoms with Crippen LogP contribution in [0, 0.1) is 11.8 Å². The highest BCUT2D eigenvalue weighted by Gasteiger charge is 2.67. The number of aromatic hydroxyl groups is 1. The maximum absolute atomic E-state index is 11.4. The second-order valence-corrected chi connectivity index (χ2v) is 15.3. The topological polar surface area (TPSA) is 45.2 Å². The van der Waals surface area contributed by atoms with Gasteiger partial charge in [-0.05, 0) is 113 Å². The zero-order chi connectivity index (χ0) is 31.8. The van der Waals surface area contributed by atoms with Gasteiger partial charge in [0.2, 0.25) is 0 Å². The highest BCUT2D eigenvalue weighted by atomic mass is 16.5. The number of phenols is 1. The van der Waals surface area contributed by atoms with Gasteiger partial charge in [-0.2, -0.15) is 0 Å². The SMILES string of the molecule is COc1cc(O)c2c3c1O[C@H]1[C@H](N(CCCCCCc4ccccc4)CCCc4ccccc4)CC[C@H]4[C@@H](C2)N(CC2CC2)CC[C@@]341. The van der Waals surface area contributed by atoms with Crippen molar-refractivity contribution in [3.8, 4) is 17.2 Å². The Kier molecular flexibility index (Phi) is 8.96. The molecule has 1 saturated heterocycles. The van der Waals surface area contributed by atoms with E-state index in [1.165, 1.54) is 81.0 Å². The summed E-state index contributed by atoms with van der Waals surface area (Å²) in [6, 6.07) is 24.7. The maximum atomic E-state index is 11.4. The van der Waals surface area contributed by atoms with Crippen LogP contribution in [-0.2, 0) is 24.7 Å². The molecular formula is C42H54N2O3. The average molecular weight is 635 g/mol. The summed E-state index contributed by atoms with van der Waals surface area (Å²) in [7, 11) is 1.73. The van der Waals surface area contributed by atoms with Crippen molar-refractivity contribution in [3.63, 3.8) is 0 Å². The van der Waals surface area contributed by atoms with E-state index < -0.39 is 0 Å². The van der Waals surface area contributed by atoms with Crippen molar-refractivity contribution < 1.29 is 14.6 Å². The van der Waals surface area contributed by atoms with Gasteiger partial charge in [0.25, 0.3) is 0 Å². The van der Waals surface area contributed by atoms with E-state index in [9.17, 15) is 5.11 Å². The zero-order valence-electron chi connectivity index (χ0n) is 28.4. The number of rotatable bonds is 15. The quantitative estimate of drug-likeness (QED) is 0.172. The highest BCUT2D eigenvalue weighted by molar-refractivity contribution is 5.65. The molecule has 3 fully saturated rings. The molecular weight excluding hydrogens is 580 g/mol. The number of benzene rings is 3. The lowest BCUT2D eigenvalue weighted by Gasteiger charge is -2.60. The average Bonchev–Trinajstić information content (AvgIpc) is 3.86. The number of ether oxygens (including phenoxy) is 2. The number of likely N-dealkylation sites (tertiary alicyclic amines) is 1. The molecule has 5 heteroatoms. The Morgan fingerprint density at radius 1 is 0.872 bits per heavy atom. The van der Waals surface area contributed by atoms with Gasteiger partial charge < -0.3 is 14.6 Å². The molecule has 8 rings (SSSR count). The first-order valence-electron chi connectivity index (χ1n) is 18.8. The van der Waals surface area contributed by atoms with Gasteiger partial charge in [-0.25, -0.2) is 0 Å². The normalized spacial score (nSPS) is 27.4. The highest BCUT2D eigenvalue weighted by Crippen LogP contribution is 2.65. The third-order valence-corrected chi connectivity index (χ3v) is 12.6.